The molecule has 0 saturated carbocycles. The summed E-state index contributed by atoms with van der Waals surface area (Å²) >= 11 is 0. The van der Waals surface area contributed by atoms with E-state index in [9.17, 15) is 14.0 Å². The van der Waals surface area contributed by atoms with Crippen LogP contribution >= 0.6 is 0 Å². The second-order valence-electron chi connectivity index (χ2n) is 6.18. The zero-order valence-corrected chi connectivity index (χ0v) is 15.3. The third-order valence-corrected chi connectivity index (χ3v) is 4.35. The normalized spacial score (nSPS) is 12.1. The summed E-state index contributed by atoms with van der Waals surface area (Å²) in [6.45, 7) is 1.95. The number of nitrogens with zero attached hydrogens (tertiary/aromatic N) is 4. The van der Waals surface area contributed by atoms with Crippen LogP contribution in [-0.4, -0.2) is 32.3 Å². The average molecular weight is 373 g/mol. The van der Waals surface area contributed by atoms with Crippen LogP contribution in [0.25, 0.3) is 11.0 Å². The van der Waals surface area contributed by atoms with E-state index in [0.717, 1.165) is 0 Å². The summed E-state index contributed by atoms with van der Waals surface area (Å²) in [5.74, 6) is -0.592. The summed E-state index contributed by atoms with van der Waals surface area (Å²) in [7, 11) is 3.10. The first-order valence-corrected chi connectivity index (χ1v) is 8.40. The van der Waals surface area contributed by atoms with Gasteiger partial charge in [0.1, 0.15) is 5.39 Å². The summed E-state index contributed by atoms with van der Waals surface area (Å²) < 4.78 is 21.6. The maximum atomic E-state index is 13.8. The van der Waals surface area contributed by atoms with Crippen LogP contribution in [0.15, 0.2) is 35.5 Å². The van der Waals surface area contributed by atoms with Crippen LogP contribution in [0, 0.1) is 5.82 Å². The quantitative estimate of drug-likeness (QED) is 0.708. The second-order valence-corrected chi connectivity index (χ2v) is 6.18. The zero-order chi connectivity index (χ0) is 19.6. The molecule has 2 aromatic heterocycles. The first-order valence-electron chi connectivity index (χ1n) is 8.40. The van der Waals surface area contributed by atoms with Crippen molar-refractivity contribution in [2.45, 2.75) is 25.9 Å². The van der Waals surface area contributed by atoms with E-state index in [2.05, 4.69) is 15.4 Å². The number of amides is 1. The smallest absolute Gasteiger partial charge is 0.264 e. The number of carbonyl (C=O) groups is 1. The van der Waals surface area contributed by atoms with Crippen LogP contribution in [0.2, 0.25) is 0 Å². The number of halogens is 1. The Kier molecular flexibility index (Phi) is 5.20. The Morgan fingerprint density at radius 3 is 2.89 bits per heavy atom. The number of benzene rings is 1. The number of hydrogen-bond donors (Lipinski definition) is 1. The van der Waals surface area contributed by atoms with Crippen molar-refractivity contribution < 1.29 is 13.9 Å². The molecule has 8 nitrogen and oxygen atoms in total. The summed E-state index contributed by atoms with van der Waals surface area (Å²) in [6.07, 6.45) is 2.96. The van der Waals surface area contributed by atoms with Gasteiger partial charge in [0.2, 0.25) is 5.91 Å². The number of methoxy groups -OCH3 is 1. The fraction of sp³-hybridized carbons (Fsp3) is 0.333. The molecule has 3 aromatic rings. The molecule has 3 rings (SSSR count). The van der Waals surface area contributed by atoms with Crippen LogP contribution < -0.4 is 15.6 Å². The number of hydrogen-bond acceptors (Lipinski definition) is 5. The Morgan fingerprint density at radius 1 is 1.41 bits per heavy atom. The van der Waals surface area contributed by atoms with Crippen molar-refractivity contribution in [3.63, 3.8) is 0 Å². The molecule has 142 valence electrons. The lowest BCUT2D eigenvalue weighted by atomic mass is 10.1. The SMILES string of the molecule is COc1ccc(C(C)NC(=O)CCn2cnc3c(cnn3C)c2=O)cc1F. The van der Waals surface area contributed by atoms with E-state index in [-0.39, 0.29) is 36.2 Å². The second kappa shape index (κ2) is 7.56. The molecule has 1 atom stereocenters. The molecule has 1 unspecified atom stereocenters. The van der Waals surface area contributed by atoms with Crippen molar-refractivity contribution in [3.05, 3.63) is 52.5 Å². The lowest BCUT2D eigenvalue weighted by molar-refractivity contribution is -0.121. The minimum absolute atomic E-state index is 0.0936. The van der Waals surface area contributed by atoms with Crippen molar-refractivity contribution in [2.24, 2.45) is 7.05 Å². The molecule has 27 heavy (non-hydrogen) atoms. The van der Waals surface area contributed by atoms with Crippen molar-refractivity contribution >= 4 is 16.9 Å². The average Bonchev–Trinajstić information content (AvgIpc) is 3.03. The highest BCUT2D eigenvalue weighted by Crippen LogP contribution is 2.21. The number of aromatic nitrogens is 4. The van der Waals surface area contributed by atoms with Crippen molar-refractivity contribution in [2.75, 3.05) is 7.11 Å². The molecule has 9 heteroatoms. The van der Waals surface area contributed by atoms with E-state index in [1.165, 1.54) is 41.0 Å². The molecule has 1 aromatic carbocycles. The van der Waals surface area contributed by atoms with Gasteiger partial charge >= 0.3 is 0 Å². The summed E-state index contributed by atoms with van der Waals surface area (Å²) in [6, 6.07) is 4.15. The monoisotopic (exact) mass is 373 g/mol. The predicted octanol–water partition coefficient (Wildman–Crippen LogP) is 1.55. The minimum atomic E-state index is -0.488. The molecule has 0 spiro atoms. The highest BCUT2D eigenvalue weighted by Gasteiger charge is 2.13. The number of aryl methyl sites for hydroxylation is 2. The number of carbonyl (C=O) groups excluding carboxylic acids is 1. The van der Waals surface area contributed by atoms with Crippen molar-refractivity contribution in [1.82, 2.24) is 24.6 Å². The number of rotatable bonds is 6. The predicted molar refractivity (Wildman–Crippen MR) is 96.9 cm³/mol. The highest BCUT2D eigenvalue weighted by molar-refractivity contribution is 5.76. The molecular formula is C18H20FN5O3. The Bertz CT molecular complexity index is 1040. The largest absolute Gasteiger partial charge is 0.494 e. The van der Waals surface area contributed by atoms with Gasteiger partial charge in [0, 0.05) is 20.0 Å². The van der Waals surface area contributed by atoms with Crippen molar-refractivity contribution in [1.29, 1.82) is 0 Å². The van der Waals surface area contributed by atoms with Gasteiger partial charge in [-0.1, -0.05) is 6.07 Å². The number of fused-ring (bicyclic) bond motifs is 1. The minimum Gasteiger partial charge on any atom is -0.494 e. The summed E-state index contributed by atoms with van der Waals surface area (Å²) in [5.41, 5.74) is 0.874. The van der Waals surface area contributed by atoms with Gasteiger partial charge in [-0.05, 0) is 24.6 Å². The molecule has 2 heterocycles. The van der Waals surface area contributed by atoms with Crippen LogP contribution in [0.5, 0.6) is 5.75 Å². The lowest BCUT2D eigenvalue weighted by Gasteiger charge is -2.15. The molecule has 0 aliphatic heterocycles. The Hall–Kier alpha value is -3.23. The maximum absolute atomic E-state index is 13.8. The molecule has 0 radical (unpaired) electrons. The Balaban J connectivity index is 1.63. The molecule has 0 aliphatic carbocycles. The first-order chi connectivity index (χ1) is 12.9. The van der Waals surface area contributed by atoms with Gasteiger partial charge in [0.05, 0.1) is 25.7 Å². The molecule has 0 bridgehead atoms. The van der Waals surface area contributed by atoms with Crippen LogP contribution in [0.1, 0.15) is 24.9 Å². The topological polar surface area (TPSA) is 91.0 Å². The van der Waals surface area contributed by atoms with E-state index in [4.69, 9.17) is 4.74 Å². The first kappa shape index (κ1) is 18.6. The maximum Gasteiger partial charge on any atom is 0.264 e. The standard InChI is InChI=1S/C18H20FN5O3/c1-11(12-4-5-15(27-3)14(19)8-12)22-16(25)6-7-24-10-20-17-13(18(24)26)9-21-23(17)2/h4-5,8-11H,6-7H2,1-3H3,(H,22,25). The van der Waals surface area contributed by atoms with E-state index in [0.29, 0.717) is 16.6 Å². The highest BCUT2D eigenvalue weighted by atomic mass is 19.1. The van der Waals surface area contributed by atoms with Gasteiger partial charge in [-0.2, -0.15) is 5.10 Å². The molecular weight excluding hydrogens is 353 g/mol. The summed E-state index contributed by atoms with van der Waals surface area (Å²) in [5, 5.41) is 7.21. The fourth-order valence-electron chi connectivity index (χ4n) is 2.80. The van der Waals surface area contributed by atoms with Crippen LogP contribution in [0.4, 0.5) is 4.39 Å². The van der Waals surface area contributed by atoms with Crippen LogP contribution in [0.3, 0.4) is 0 Å². The van der Waals surface area contributed by atoms with E-state index in [1.807, 2.05) is 0 Å². The summed E-state index contributed by atoms with van der Waals surface area (Å²) in [4.78, 5) is 28.8. The molecule has 0 aliphatic rings. The fourth-order valence-corrected chi connectivity index (χ4v) is 2.80. The molecule has 1 N–H and O–H groups in total. The molecule has 1 amide bonds. The third kappa shape index (κ3) is 3.81. The van der Waals surface area contributed by atoms with Gasteiger partial charge in [0.25, 0.3) is 5.56 Å². The van der Waals surface area contributed by atoms with Gasteiger partial charge in [0.15, 0.2) is 17.2 Å². The zero-order valence-electron chi connectivity index (χ0n) is 15.3. The third-order valence-electron chi connectivity index (χ3n) is 4.35. The van der Waals surface area contributed by atoms with Gasteiger partial charge in [-0.25, -0.2) is 9.37 Å². The van der Waals surface area contributed by atoms with Crippen LogP contribution in [-0.2, 0) is 18.4 Å². The molecule has 0 saturated heterocycles. The Labute approximate surface area is 154 Å². The number of nitrogens with one attached hydrogen (secondary N) is 1. The molecule has 0 fully saturated rings. The van der Waals surface area contributed by atoms with E-state index in [1.54, 1.807) is 20.0 Å². The van der Waals surface area contributed by atoms with E-state index >= 15 is 0 Å². The van der Waals surface area contributed by atoms with Gasteiger partial charge < -0.3 is 10.1 Å². The number of ether oxygens (including phenoxy) is 1. The Morgan fingerprint density at radius 2 is 2.19 bits per heavy atom. The van der Waals surface area contributed by atoms with Gasteiger partial charge in [-0.15, -0.1) is 0 Å². The van der Waals surface area contributed by atoms with Crippen molar-refractivity contribution in [3.8, 4) is 5.75 Å². The van der Waals surface area contributed by atoms with Gasteiger partial charge in [-0.3, -0.25) is 18.8 Å². The lowest BCUT2D eigenvalue weighted by Crippen LogP contribution is -2.29. The van der Waals surface area contributed by atoms with E-state index < -0.39 is 5.82 Å².